The Morgan fingerprint density at radius 1 is 1.22 bits per heavy atom. The summed E-state index contributed by atoms with van der Waals surface area (Å²) in [5.74, 6) is 0.270. The Bertz CT molecular complexity index is 987. The minimum absolute atomic E-state index is 0.231. The fourth-order valence-electron chi connectivity index (χ4n) is 3.29. The summed E-state index contributed by atoms with van der Waals surface area (Å²) in [6.07, 6.45) is 0.946. The first kappa shape index (κ1) is 18.9. The van der Waals surface area contributed by atoms with Gasteiger partial charge >= 0.3 is 5.97 Å². The standard InChI is InChI=1S/C21H26N4O2/c1-7-14(4)22-17-11-16(21(26)27-6)23-20-19(15(5)24-25(17)20)18-12(2)9-8-10-13(18)3/h8-11,14,22H,7H2,1-6H3. The van der Waals surface area contributed by atoms with Crippen molar-refractivity contribution >= 4 is 17.4 Å². The van der Waals surface area contributed by atoms with E-state index in [0.29, 0.717) is 5.65 Å². The maximum absolute atomic E-state index is 12.2. The van der Waals surface area contributed by atoms with Crippen LogP contribution < -0.4 is 5.32 Å². The number of nitrogens with zero attached hydrogens (tertiary/aromatic N) is 3. The third-order valence-electron chi connectivity index (χ3n) is 4.90. The molecule has 2 heterocycles. The van der Waals surface area contributed by atoms with Crippen molar-refractivity contribution in [2.45, 2.75) is 47.1 Å². The first-order chi connectivity index (χ1) is 12.9. The van der Waals surface area contributed by atoms with Gasteiger partial charge in [0.15, 0.2) is 11.3 Å². The lowest BCUT2D eigenvalue weighted by Crippen LogP contribution is -2.18. The first-order valence-electron chi connectivity index (χ1n) is 9.19. The number of aryl methyl sites for hydroxylation is 3. The minimum atomic E-state index is -0.462. The molecule has 0 aliphatic heterocycles. The van der Waals surface area contributed by atoms with Gasteiger partial charge < -0.3 is 10.1 Å². The van der Waals surface area contributed by atoms with Crippen molar-refractivity contribution in [1.29, 1.82) is 0 Å². The Balaban J connectivity index is 2.34. The van der Waals surface area contributed by atoms with Crippen molar-refractivity contribution < 1.29 is 9.53 Å². The summed E-state index contributed by atoms with van der Waals surface area (Å²) in [5, 5.41) is 8.15. The van der Waals surface area contributed by atoms with Crippen molar-refractivity contribution in [3.8, 4) is 11.1 Å². The molecule has 0 radical (unpaired) electrons. The number of rotatable bonds is 5. The summed E-state index contributed by atoms with van der Waals surface area (Å²) >= 11 is 0. The molecule has 6 heteroatoms. The number of hydrogen-bond acceptors (Lipinski definition) is 5. The van der Waals surface area contributed by atoms with Gasteiger partial charge in [0.05, 0.1) is 18.4 Å². The second-order valence-electron chi connectivity index (χ2n) is 6.93. The molecule has 142 valence electrons. The topological polar surface area (TPSA) is 68.5 Å². The number of carbonyl (C=O) groups excluding carboxylic acids is 1. The van der Waals surface area contributed by atoms with Crippen molar-refractivity contribution in [3.63, 3.8) is 0 Å². The van der Waals surface area contributed by atoms with Gasteiger partial charge in [-0.15, -0.1) is 0 Å². The largest absolute Gasteiger partial charge is 0.464 e. The van der Waals surface area contributed by atoms with E-state index >= 15 is 0 Å². The highest BCUT2D eigenvalue weighted by Gasteiger charge is 2.21. The van der Waals surface area contributed by atoms with Gasteiger partial charge in [-0.25, -0.2) is 9.78 Å². The number of methoxy groups -OCH3 is 1. The van der Waals surface area contributed by atoms with E-state index in [0.717, 1.165) is 40.2 Å². The molecule has 6 nitrogen and oxygen atoms in total. The number of benzene rings is 1. The number of anilines is 1. The summed E-state index contributed by atoms with van der Waals surface area (Å²) in [7, 11) is 1.37. The Labute approximate surface area is 159 Å². The van der Waals surface area contributed by atoms with Gasteiger partial charge in [0.1, 0.15) is 5.82 Å². The van der Waals surface area contributed by atoms with Crippen LogP contribution in [0.3, 0.4) is 0 Å². The molecule has 0 saturated heterocycles. The van der Waals surface area contributed by atoms with Gasteiger partial charge in [-0.1, -0.05) is 25.1 Å². The first-order valence-corrected chi connectivity index (χ1v) is 9.19. The molecule has 1 N–H and O–H groups in total. The van der Waals surface area contributed by atoms with Crippen LogP contribution in [0.2, 0.25) is 0 Å². The second-order valence-corrected chi connectivity index (χ2v) is 6.93. The molecule has 0 amide bonds. The van der Waals surface area contributed by atoms with Gasteiger partial charge in [-0.2, -0.15) is 9.61 Å². The van der Waals surface area contributed by atoms with Crippen LogP contribution in [0.15, 0.2) is 24.3 Å². The van der Waals surface area contributed by atoms with E-state index in [4.69, 9.17) is 9.84 Å². The van der Waals surface area contributed by atoms with Crippen LogP contribution in [0.4, 0.5) is 5.82 Å². The molecule has 1 aromatic carbocycles. The molecule has 1 unspecified atom stereocenters. The molecule has 2 aromatic heterocycles. The molecule has 0 spiro atoms. The highest BCUT2D eigenvalue weighted by molar-refractivity contribution is 5.91. The predicted molar refractivity (Wildman–Crippen MR) is 107 cm³/mol. The number of nitrogens with one attached hydrogen (secondary N) is 1. The molecular weight excluding hydrogens is 340 g/mol. The van der Waals surface area contributed by atoms with Crippen LogP contribution >= 0.6 is 0 Å². The summed E-state index contributed by atoms with van der Waals surface area (Å²) in [6.45, 7) is 10.3. The maximum Gasteiger partial charge on any atom is 0.356 e. The third-order valence-corrected chi connectivity index (χ3v) is 4.90. The molecule has 0 aliphatic rings. The van der Waals surface area contributed by atoms with Crippen molar-refractivity contribution in [2.75, 3.05) is 12.4 Å². The zero-order valence-corrected chi connectivity index (χ0v) is 16.8. The second kappa shape index (κ2) is 7.39. The van der Waals surface area contributed by atoms with E-state index in [1.165, 1.54) is 7.11 Å². The molecule has 0 aliphatic carbocycles. The lowest BCUT2D eigenvalue weighted by molar-refractivity contribution is 0.0594. The van der Waals surface area contributed by atoms with Crippen LogP contribution in [-0.2, 0) is 4.74 Å². The molecular formula is C21H26N4O2. The number of ether oxygens (including phenoxy) is 1. The Morgan fingerprint density at radius 2 is 1.89 bits per heavy atom. The monoisotopic (exact) mass is 366 g/mol. The molecule has 0 bridgehead atoms. The molecule has 0 fully saturated rings. The van der Waals surface area contributed by atoms with E-state index in [1.54, 1.807) is 10.6 Å². The Hall–Kier alpha value is -2.89. The lowest BCUT2D eigenvalue weighted by Gasteiger charge is -2.15. The quantitative estimate of drug-likeness (QED) is 0.681. The predicted octanol–water partition coefficient (Wildman–Crippen LogP) is 4.32. The average Bonchev–Trinajstić information content (AvgIpc) is 2.97. The van der Waals surface area contributed by atoms with E-state index in [1.807, 2.05) is 13.0 Å². The fraction of sp³-hybridized carbons (Fsp3) is 0.381. The van der Waals surface area contributed by atoms with Crippen LogP contribution in [0.1, 0.15) is 47.6 Å². The van der Waals surface area contributed by atoms with Crippen molar-refractivity contribution in [2.24, 2.45) is 0 Å². The molecule has 1 atom stereocenters. The number of fused-ring (bicyclic) bond motifs is 1. The number of esters is 1. The molecule has 3 rings (SSSR count). The van der Waals surface area contributed by atoms with E-state index < -0.39 is 5.97 Å². The molecule has 27 heavy (non-hydrogen) atoms. The van der Waals surface area contributed by atoms with Crippen LogP contribution in [-0.4, -0.2) is 33.7 Å². The van der Waals surface area contributed by atoms with Gasteiger partial charge in [0.2, 0.25) is 0 Å². The molecule has 3 aromatic rings. The minimum Gasteiger partial charge on any atom is -0.464 e. The smallest absolute Gasteiger partial charge is 0.356 e. The Morgan fingerprint density at radius 3 is 2.48 bits per heavy atom. The van der Waals surface area contributed by atoms with Gasteiger partial charge in [0.25, 0.3) is 0 Å². The lowest BCUT2D eigenvalue weighted by atomic mass is 9.96. The zero-order chi connectivity index (χ0) is 19.7. The summed E-state index contributed by atoms with van der Waals surface area (Å²) in [4.78, 5) is 16.8. The fourth-order valence-corrected chi connectivity index (χ4v) is 3.29. The number of carbonyl (C=O) groups is 1. The number of aromatic nitrogens is 3. The van der Waals surface area contributed by atoms with Crippen molar-refractivity contribution in [3.05, 3.63) is 46.8 Å². The summed E-state index contributed by atoms with van der Waals surface area (Å²) in [6, 6.07) is 8.13. The van der Waals surface area contributed by atoms with Crippen molar-refractivity contribution in [1.82, 2.24) is 14.6 Å². The highest BCUT2D eigenvalue weighted by atomic mass is 16.5. The summed E-state index contributed by atoms with van der Waals surface area (Å²) in [5.41, 5.74) is 6.14. The highest BCUT2D eigenvalue weighted by Crippen LogP contribution is 2.34. The normalized spacial score (nSPS) is 12.2. The van der Waals surface area contributed by atoms with Crippen LogP contribution in [0.5, 0.6) is 0 Å². The van der Waals surface area contributed by atoms with Gasteiger partial charge in [0, 0.05) is 12.1 Å². The van der Waals surface area contributed by atoms with E-state index in [9.17, 15) is 4.79 Å². The van der Waals surface area contributed by atoms with Gasteiger partial charge in [-0.05, 0) is 50.8 Å². The maximum atomic E-state index is 12.2. The van der Waals surface area contributed by atoms with E-state index in [2.05, 4.69) is 50.1 Å². The van der Waals surface area contributed by atoms with E-state index in [-0.39, 0.29) is 11.7 Å². The summed E-state index contributed by atoms with van der Waals surface area (Å²) < 4.78 is 6.70. The average molecular weight is 366 g/mol. The Kier molecular flexibility index (Phi) is 5.17. The number of hydrogen-bond donors (Lipinski definition) is 1. The van der Waals surface area contributed by atoms with Crippen LogP contribution in [0, 0.1) is 20.8 Å². The zero-order valence-electron chi connectivity index (χ0n) is 16.8. The third kappa shape index (κ3) is 3.39. The molecule has 0 saturated carbocycles. The van der Waals surface area contributed by atoms with Gasteiger partial charge in [-0.3, -0.25) is 0 Å². The van der Waals surface area contributed by atoms with Crippen LogP contribution in [0.25, 0.3) is 16.8 Å². The SMILES string of the molecule is CCC(C)Nc1cc(C(=O)OC)nc2c(-c3c(C)cccc3C)c(C)nn12.